The van der Waals surface area contributed by atoms with E-state index in [1.54, 1.807) is 0 Å². The van der Waals surface area contributed by atoms with E-state index in [4.69, 9.17) is 21.1 Å². The zero-order valence-corrected chi connectivity index (χ0v) is 15.0. The number of anilines is 1. The van der Waals surface area contributed by atoms with Gasteiger partial charge >= 0.3 is 0 Å². The summed E-state index contributed by atoms with van der Waals surface area (Å²) >= 11 is 5.88. The number of hydrogen-bond acceptors (Lipinski definition) is 3. The van der Waals surface area contributed by atoms with E-state index in [-0.39, 0.29) is 5.60 Å². The van der Waals surface area contributed by atoms with E-state index in [0.717, 1.165) is 43.2 Å². The van der Waals surface area contributed by atoms with Crippen molar-refractivity contribution in [2.45, 2.75) is 32.3 Å². The van der Waals surface area contributed by atoms with Gasteiger partial charge in [0.05, 0.1) is 5.60 Å². The van der Waals surface area contributed by atoms with Crippen LogP contribution in [0.4, 0.5) is 5.69 Å². The van der Waals surface area contributed by atoms with Gasteiger partial charge in [-0.1, -0.05) is 11.6 Å². The fraction of sp³-hybridized carbons (Fsp3) is 0.400. The van der Waals surface area contributed by atoms with Crippen molar-refractivity contribution in [3.8, 4) is 11.5 Å². The molecule has 1 saturated heterocycles. The third-order valence-corrected chi connectivity index (χ3v) is 4.55. The molecule has 0 bridgehead atoms. The summed E-state index contributed by atoms with van der Waals surface area (Å²) in [6.07, 6.45) is 2.21. The van der Waals surface area contributed by atoms with Crippen LogP contribution in [-0.4, -0.2) is 18.8 Å². The molecule has 0 aliphatic carbocycles. The summed E-state index contributed by atoms with van der Waals surface area (Å²) in [5.74, 6) is 2.25. The Bertz CT molecular complexity index is 652. The molecule has 2 aromatic carbocycles. The maximum Gasteiger partial charge on any atom is 0.127 e. The molecule has 1 unspecified atom stereocenters. The highest BCUT2D eigenvalue weighted by Gasteiger charge is 2.28. The summed E-state index contributed by atoms with van der Waals surface area (Å²) in [5.41, 5.74) is 1.11. The van der Waals surface area contributed by atoms with Crippen LogP contribution in [0.5, 0.6) is 11.5 Å². The van der Waals surface area contributed by atoms with E-state index >= 15 is 0 Å². The summed E-state index contributed by atoms with van der Waals surface area (Å²) in [7, 11) is 0. The minimum absolute atomic E-state index is 0.000867. The van der Waals surface area contributed by atoms with E-state index < -0.39 is 0 Å². The van der Waals surface area contributed by atoms with Crippen LogP contribution in [0.3, 0.4) is 0 Å². The second kappa shape index (κ2) is 7.45. The van der Waals surface area contributed by atoms with Crippen molar-refractivity contribution in [1.82, 2.24) is 0 Å². The number of benzene rings is 2. The molecule has 0 spiro atoms. The van der Waals surface area contributed by atoms with Gasteiger partial charge < -0.3 is 14.8 Å². The fourth-order valence-corrected chi connectivity index (χ4v) is 3.20. The summed E-state index contributed by atoms with van der Waals surface area (Å²) in [5, 5.41) is 4.23. The number of nitrogens with one attached hydrogen (secondary N) is 1. The Morgan fingerprint density at radius 2 is 1.71 bits per heavy atom. The van der Waals surface area contributed by atoms with Gasteiger partial charge in [-0.25, -0.2) is 0 Å². The predicted molar refractivity (Wildman–Crippen MR) is 99.2 cm³/mol. The van der Waals surface area contributed by atoms with E-state index in [2.05, 4.69) is 31.3 Å². The molecule has 24 heavy (non-hydrogen) atoms. The van der Waals surface area contributed by atoms with Crippen molar-refractivity contribution in [2.24, 2.45) is 5.92 Å². The van der Waals surface area contributed by atoms with Gasteiger partial charge in [0.25, 0.3) is 0 Å². The van der Waals surface area contributed by atoms with E-state index in [1.807, 2.05) is 36.4 Å². The third-order valence-electron chi connectivity index (χ3n) is 4.30. The molecule has 1 aliphatic rings. The van der Waals surface area contributed by atoms with E-state index in [0.29, 0.717) is 10.9 Å². The summed E-state index contributed by atoms with van der Waals surface area (Å²) < 4.78 is 11.6. The average Bonchev–Trinajstić information content (AvgIpc) is 2.55. The Morgan fingerprint density at radius 1 is 1.08 bits per heavy atom. The fourth-order valence-electron chi connectivity index (χ4n) is 3.07. The smallest absolute Gasteiger partial charge is 0.127 e. The molecule has 1 fully saturated rings. The molecule has 1 aliphatic heterocycles. The van der Waals surface area contributed by atoms with Gasteiger partial charge in [-0.05, 0) is 81.1 Å². The van der Waals surface area contributed by atoms with Crippen molar-refractivity contribution in [3.05, 3.63) is 53.6 Å². The lowest BCUT2D eigenvalue weighted by Gasteiger charge is -2.35. The van der Waals surface area contributed by atoms with Gasteiger partial charge in [0.1, 0.15) is 11.5 Å². The normalized spacial score (nSPS) is 19.7. The number of ether oxygens (including phenoxy) is 2. The van der Waals surface area contributed by atoms with E-state index in [9.17, 15) is 0 Å². The lowest BCUT2D eigenvalue weighted by atomic mass is 9.88. The maximum absolute atomic E-state index is 5.88. The predicted octanol–water partition coefficient (Wildman–Crippen LogP) is 5.75. The van der Waals surface area contributed by atoms with Crippen LogP contribution >= 0.6 is 11.6 Å². The molecule has 1 atom stereocenters. The van der Waals surface area contributed by atoms with Crippen LogP contribution in [-0.2, 0) is 4.74 Å². The first-order valence-corrected chi connectivity index (χ1v) is 8.79. The van der Waals surface area contributed by atoms with Gasteiger partial charge in [-0.2, -0.15) is 0 Å². The molecule has 0 amide bonds. The molecule has 1 N–H and O–H groups in total. The van der Waals surface area contributed by atoms with Gasteiger partial charge in [0, 0.05) is 23.9 Å². The lowest BCUT2D eigenvalue weighted by Crippen LogP contribution is -2.36. The number of hydrogen-bond donors (Lipinski definition) is 1. The van der Waals surface area contributed by atoms with Crippen molar-refractivity contribution in [3.63, 3.8) is 0 Å². The Labute approximate surface area is 148 Å². The Morgan fingerprint density at radius 3 is 2.33 bits per heavy atom. The second-order valence-electron chi connectivity index (χ2n) is 6.93. The first-order chi connectivity index (χ1) is 11.5. The Kier molecular flexibility index (Phi) is 5.32. The molecule has 1 heterocycles. The van der Waals surface area contributed by atoms with Crippen LogP contribution in [0, 0.1) is 5.92 Å². The molecule has 128 valence electrons. The lowest BCUT2D eigenvalue weighted by molar-refractivity contribution is -0.0699. The first kappa shape index (κ1) is 17.1. The Hall–Kier alpha value is -1.71. The SMILES string of the molecule is CC1(C)CC(CNc2ccc(Oc3ccc(Cl)cc3)cc2)CCO1. The van der Waals surface area contributed by atoms with Crippen molar-refractivity contribution in [1.29, 1.82) is 0 Å². The minimum Gasteiger partial charge on any atom is -0.457 e. The summed E-state index contributed by atoms with van der Waals surface area (Å²) in [4.78, 5) is 0. The highest BCUT2D eigenvalue weighted by molar-refractivity contribution is 6.30. The zero-order valence-electron chi connectivity index (χ0n) is 14.2. The second-order valence-corrected chi connectivity index (χ2v) is 7.36. The standard InChI is InChI=1S/C20H24ClNO2/c1-20(2)13-15(11-12-23-20)14-22-17-5-9-19(10-6-17)24-18-7-3-16(21)4-8-18/h3-10,15,22H,11-14H2,1-2H3. The number of rotatable bonds is 5. The van der Waals surface area contributed by atoms with Crippen LogP contribution in [0.15, 0.2) is 48.5 Å². The quantitative estimate of drug-likeness (QED) is 0.748. The molecule has 3 rings (SSSR count). The maximum atomic E-state index is 5.88. The molecule has 0 saturated carbocycles. The van der Waals surface area contributed by atoms with Gasteiger partial charge in [0.15, 0.2) is 0 Å². The van der Waals surface area contributed by atoms with Crippen molar-refractivity contribution >= 4 is 17.3 Å². The zero-order chi connectivity index (χ0) is 17.0. The average molecular weight is 346 g/mol. The summed E-state index contributed by atoms with van der Waals surface area (Å²) in [6.45, 7) is 6.17. The highest BCUT2D eigenvalue weighted by atomic mass is 35.5. The summed E-state index contributed by atoms with van der Waals surface area (Å²) in [6, 6.07) is 15.4. The molecule has 0 aromatic heterocycles. The van der Waals surface area contributed by atoms with E-state index in [1.165, 1.54) is 0 Å². The largest absolute Gasteiger partial charge is 0.457 e. The molecule has 2 aromatic rings. The van der Waals surface area contributed by atoms with Crippen molar-refractivity contribution < 1.29 is 9.47 Å². The van der Waals surface area contributed by atoms with Gasteiger partial charge in [-0.15, -0.1) is 0 Å². The molecular formula is C20H24ClNO2. The first-order valence-electron chi connectivity index (χ1n) is 8.41. The van der Waals surface area contributed by atoms with Crippen molar-refractivity contribution in [2.75, 3.05) is 18.5 Å². The third kappa shape index (κ3) is 4.89. The molecule has 4 heteroatoms. The number of halogens is 1. The van der Waals surface area contributed by atoms with Crippen LogP contribution in [0.1, 0.15) is 26.7 Å². The van der Waals surface area contributed by atoms with Gasteiger partial charge in [-0.3, -0.25) is 0 Å². The monoisotopic (exact) mass is 345 g/mol. The van der Waals surface area contributed by atoms with Gasteiger partial charge in [0.2, 0.25) is 0 Å². The van der Waals surface area contributed by atoms with Crippen LogP contribution < -0.4 is 10.1 Å². The van der Waals surface area contributed by atoms with Crippen LogP contribution in [0.2, 0.25) is 5.02 Å². The van der Waals surface area contributed by atoms with Crippen LogP contribution in [0.25, 0.3) is 0 Å². The Balaban J connectivity index is 1.52. The minimum atomic E-state index is 0.000867. The topological polar surface area (TPSA) is 30.5 Å². The molecule has 3 nitrogen and oxygen atoms in total. The molecule has 0 radical (unpaired) electrons. The highest BCUT2D eigenvalue weighted by Crippen LogP contribution is 2.29. The molecular weight excluding hydrogens is 322 g/mol.